The van der Waals surface area contributed by atoms with E-state index in [1.807, 2.05) is 45.9 Å². The number of aryl methyl sites for hydroxylation is 4. The molecule has 0 unspecified atom stereocenters. The lowest BCUT2D eigenvalue weighted by Crippen LogP contribution is -2.13. The summed E-state index contributed by atoms with van der Waals surface area (Å²) in [5, 5.41) is 7.24. The Kier molecular flexibility index (Phi) is 3.69. The second-order valence-corrected chi connectivity index (χ2v) is 4.76. The SMILES string of the molecule is CCn1cc(C(=O)Nc2cc(C)ccc2C)c(C)n1. The number of carbonyl (C=O) groups is 1. The molecular weight excluding hydrogens is 238 g/mol. The first-order valence-electron chi connectivity index (χ1n) is 6.44. The van der Waals surface area contributed by atoms with E-state index in [4.69, 9.17) is 0 Å². The van der Waals surface area contributed by atoms with Gasteiger partial charge in [0.05, 0.1) is 11.3 Å². The molecule has 4 heteroatoms. The first kappa shape index (κ1) is 13.3. The highest BCUT2D eigenvalue weighted by Crippen LogP contribution is 2.18. The topological polar surface area (TPSA) is 46.9 Å². The first-order chi connectivity index (χ1) is 9.01. The van der Waals surface area contributed by atoms with Crippen LogP contribution in [0, 0.1) is 20.8 Å². The summed E-state index contributed by atoms with van der Waals surface area (Å²) >= 11 is 0. The van der Waals surface area contributed by atoms with Crippen molar-refractivity contribution in [1.82, 2.24) is 9.78 Å². The molecule has 0 bridgehead atoms. The average molecular weight is 257 g/mol. The molecule has 0 aliphatic heterocycles. The van der Waals surface area contributed by atoms with Crippen molar-refractivity contribution in [3.05, 3.63) is 46.8 Å². The molecule has 4 nitrogen and oxygen atoms in total. The van der Waals surface area contributed by atoms with Gasteiger partial charge in [0.2, 0.25) is 0 Å². The summed E-state index contributed by atoms with van der Waals surface area (Å²) in [4.78, 5) is 12.3. The zero-order valence-electron chi connectivity index (χ0n) is 11.8. The molecule has 2 rings (SSSR count). The highest BCUT2D eigenvalue weighted by atomic mass is 16.1. The van der Waals surface area contributed by atoms with E-state index >= 15 is 0 Å². The number of nitrogens with one attached hydrogen (secondary N) is 1. The molecule has 1 N–H and O–H groups in total. The molecule has 0 fully saturated rings. The molecule has 0 spiro atoms. The molecular formula is C15H19N3O. The third-order valence-electron chi connectivity index (χ3n) is 3.16. The third-order valence-corrected chi connectivity index (χ3v) is 3.16. The van der Waals surface area contributed by atoms with Gasteiger partial charge < -0.3 is 5.32 Å². The van der Waals surface area contributed by atoms with Crippen LogP contribution < -0.4 is 5.32 Å². The lowest BCUT2D eigenvalue weighted by Gasteiger charge is -2.08. The Hall–Kier alpha value is -2.10. The van der Waals surface area contributed by atoms with Gasteiger partial charge in [0.25, 0.3) is 5.91 Å². The van der Waals surface area contributed by atoms with Crippen molar-refractivity contribution in [2.75, 3.05) is 5.32 Å². The molecule has 100 valence electrons. The van der Waals surface area contributed by atoms with E-state index in [1.165, 1.54) is 0 Å². The number of nitrogens with zero attached hydrogens (tertiary/aromatic N) is 2. The minimum Gasteiger partial charge on any atom is -0.322 e. The number of hydrogen-bond acceptors (Lipinski definition) is 2. The first-order valence-corrected chi connectivity index (χ1v) is 6.44. The maximum atomic E-state index is 12.3. The quantitative estimate of drug-likeness (QED) is 0.918. The number of benzene rings is 1. The monoisotopic (exact) mass is 257 g/mol. The van der Waals surface area contributed by atoms with Crippen LogP contribution in [0.15, 0.2) is 24.4 Å². The Morgan fingerprint density at radius 1 is 1.32 bits per heavy atom. The van der Waals surface area contributed by atoms with Gasteiger partial charge in [0.1, 0.15) is 0 Å². The zero-order valence-corrected chi connectivity index (χ0v) is 11.8. The van der Waals surface area contributed by atoms with Crippen LogP contribution in [0.4, 0.5) is 5.69 Å². The van der Waals surface area contributed by atoms with Crippen molar-refractivity contribution in [1.29, 1.82) is 0 Å². The number of carbonyl (C=O) groups excluding carboxylic acids is 1. The van der Waals surface area contributed by atoms with Gasteiger partial charge in [0.15, 0.2) is 0 Å². The Balaban J connectivity index is 2.25. The van der Waals surface area contributed by atoms with Gasteiger partial charge in [-0.15, -0.1) is 0 Å². The molecule has 0 aliphatic carbocycles. The molecule has 1 amide bonds. The predicted molar refractivity (Wildman–Crippen MR) is 76.5 cm³/mol. The minimum atomic E-state index is -0.106. The van der Waals surface area contributed by atoms with E-state index in [0.29, 0.717) is 5.56 Å². The van der Waals surface area contributed by atoms with Crippen LogP contribution in [0.3, 0.4) is 0 Å². The lowest BCUT2D eigenvalue weighted by atomic mass is 10.1. The van der Waals surface area contributed by atoms with Gasteiger partial charge in [-0.3, -0.25) is 9.48 Å². The molecule has 0 saturated carbocycles. The maximum Gasteiger partial charge on any atom is 0.259 e. The molecule has 0 aliphatic rings. The second kappa shape index (κ2) is 5.26. The van der Waals surface area contributed by atoms with Gasteiger partial charge in [-0.05, 0) is 44.9 Å². The fourth-order valence-electron chi connectivity index (χ4n) is 1.96. The smallest absolute Gasteiger partial charge is 0.259 e. The summed E-state index contributed by atoms with van der Waals surface area (Å²) in [6.45, 7) is 8.60. The maximum absolute atomic E-state index is 12.3. The van der Waals surface area contributed by atoms with Crippen LogP contribution in [0.25, 0.3) is 0 Å². The molecule has 1 aromatic carbocycles. The summed E-state index contributed by atoms with van der Waals surface area (Å²) in [6.07, 6.45) is 1.79. The normalized spacial score (nSPS) is 10.5. The van der Waals surface area contributed by atoms with Crippen molar-refractivity contribution >= 4 is 11.6 Å². The van der Waals surface area contributed by atoms with Crippen LogP contribution in [0.2, 0.25) is 0 Å². The van der Waals surface area contributed by atoms with Crippen LogP contribution >= 0.6 is 0 Å². The molecule has 0 radical (unpaired) electrons. The predicted octanol–water partition coefficient (Wildman–Crippen LogP) is 3.08. The van der Waals surface area contributed by atoms with Crippen molar-refractivity contribution in [2.24, 2.45) is 0 Å². The minimum absolute atomic E-state index is 0.106. The molecule has 0 saturated heterocycles. The van der Waals surface area contributed by atoms with E-state index in [9.17, 15) is 4.79 Å². The highest BCUT2D eigenvalue weighted by Gasteiger charge is 2.14. The van der Waals surface area contributed by atoms with Crippen molar-refractivity contribution in [3.8, 4) is 0 Å². The van der Waals surface area contributed by atoms with Crippen molar-refractivity contribution in [2.45, 2.75) is 34.2 Å². The van der Waals surface area contributed by atoms with Gasteiger partial charge in [-0.2, -0.15) is 5.10 Å². The number of anilines is 1. The number of amides is 1. The lowest BCUT2D eigenvalue weighted by molar-refractivity contribution is 0.102. The van der Waals surface area contributed by atoms with Crippen LogP contribution in [-0.2, 0) is 6.54 Å². The van der Waals surface area contributed by atoms with Gasteiger partial charge >= 0.3 is 0 Å². The standard InChI is InChI=1S/C15H19N3O/c1-5-18-9-13(12(4)17-18)15(19)16-14-8-10(2)6-7-11(14)3/h6-9H,5H2,1-4H3,(H,16,19). The average Bonchev–Trinajstić information content (AvgIpc) is 2.75. The van der Waals surface area contributed by atoms with Gasteiger partial charge in [-0.1, -0.05) is 12.1 Å². The van der Waals surface area contributed by atoms with Crippen molar-refractivity contribution < 1.29 is 4.79 Å². The van der Waals surface area contributed by atoms with Crippen molar-refractivity contribution in [3.63, 3.8) is 0 Å². The van der Waals surface area contributed by atoms with E-state index in [-0.39, 0.29) is 5.91 Å². The van der Waals surface area contributed by atoms with Gasteiger partial charge in [0, 0.05) is 18.4 Å². The Morgan fingerprint density at radius 2 is 2.05 bits per heavy atom. The number of hydrogen-bond donors (Lipinski definition) is 1. The highest BCUT2D eigenvalue weighted by molar-refractivity contribution is 6.05. The Bertz CT molecular complexity index is 614. The Labute approximate surface area is 113 Å². The summed E-state index contributed by atoms with van der Waals surface area (Å²) in [7, 11) is 0. The number of aromatic nitrogens is 2. The summed E-state index contributed by atoms with van der Waals surface area (Å²) < 4.78 is 1.77. The fourth-order valence-corrected chi connectivity index (χ4v) is 1.96. The summed E-state index contributed by atoms with van der Waals surface area (Å²) in [5.41, 5.74) is 4.42. The molecule has 2 aromatic rings. The molecule has 19 heavy (non-hydrogen) atoms. The van der Waals surface area contributed by atoms with Crippen LogP contribution in [-0.4, -0.2) is 15.7 Å². The molecule has 0 atom stereocenters. The fraction of sp³-hybridized carbons (Fsp3) is 0.333. The van der Waals surface area contributed by atoms with E-state index < -0.39 is 0 Å². The zero-order chi connectivity index (χ0) is 14.0. The van der Waals surface area contributed by atoms with E-state index in [1.54, 1.807) is 10.9 Å². The van der Waals surface area contributed by atoms with E-state index in [2.05, 4.69) is 10.4 Å². The summed E-state index contributed by atoms with van der Waals surface area (Å²) in [5.74, 6) is -0.106. The third kappa shape index (κ3) is 2.84. The van der Waals surface area contributed by atoms with Crippen LogP contribution in [0.1, 0.15) is 34.1 Å². The van der Waals surface area contributed by atoms with Crippen LogP contribution in [0.5, 0.6) is 0 Å². The second-order valence-electron chi connectivity index (χ2n) is 4.76. The molecule has 1 heterocycles. The summed E-state index contributed by atoms with van der Waals surface area (Å²) in [6, 6.07) is 6.02. The van der Waals surface area contributed by atoms with E-state index in [0.717, 1.165) is 29.1 Å². The molecule has 1 aromatic heterocycles. The Morgan fingerprint density at radius 3 is 2.68 bits per heavy atom. The van der Waals surface area contributed by atoms with Gasteiger partial charge in [-0.25, -0.2) is 0 Å². The largest absolute Gasteiger partial charge is 0.322 e. The number of rotatable bonds is 3.